The predicted molar refractivity (Wildman–Crippen MR) is 124 cm³/mol. The predicted octanol–water partition coefficient (Wildman–Crippen LogP) is 4.54. The third-order valence-electron chi connectivity index (χ3n) is 5.80. The summed E-state index contributed by atoms with van der Waals surface area (Å²) in [4.78, 5) is 28.4. The molecule has 1 atom stereocenters. The summed E-state index contributed by atoms with van der Waals surface area (Å²) in [5.41, 5.74) is 4.38. The van der Waals surface area contributed by atoms with Crippen LogP contribution in [0.25, 0.3) is 10.3 Å². The number of rotatable bonds is 5. The average molecular weight is 440 g/mol. The number of piperidine rings is 1. The Labute approximate surface area is 184 Å². The topological polar surface area (TPSA) is 71.0 Å². The minimum atomic E-state index is -0.0145. The average Bonchev–Trinajstić information content (AvgIpc) is 3.39. The van der Waals surface area contributed by atoms with Crippen LogP contribution in [0.2, 0.25) is 0 Å². The van der Waals surface area contributed by atoms with E-state index in [9.17, 15) is 4.79 Å². The molecule has 1 aliphatic carbocycles. The van der Waals surface area contributed by atoms with Crippen molar-refractivity contribution in [3.63, 3.8) is 0 Å². The first-order valence-corrected chi connectivity index (χ1v) is 12.4. The van der Waals surface area contributed by atoms with Crippen molar-refractivity contribution >= 4 is 50.2 Å². The highest BCUT2D eigenvalue weighted by Crippen LogP contribution is 2.35. The van der Waals surface area contributed by atoms with Crippen molar-refractivity contribution in [3.05, 3.63) is 35.7 Å². The number of nitrogens with one attached hydrogen (secondary N) is 1. The van der Waals surface area contributed by atoms with Crippen molar-refractivity contribution in [1.29, 1.82) is 0 Å². The lowest BCUT2D eigenvalue weighted by atomic mass is 10.0. The molecule has 0 unspecified atom stereocenters. The second-order valence-electron chi connectivity index (χ2n) is 8.20. The molecule has 0 saturated carbocycles. The van der Waals surface area contributed by atoms with E-state index in [-0.39, 0.29) is 5.91 Å². The van der Waals surface area contributed by atoms with Gasteiger partial charge in [0.05, 0.1) is 5.75 Å². The maximum Gasteiger partial charge on any atom is 0.234 e. The molecule has 6 nitrogen and oxygen atoms in total. The molecule has 1 fully saturated rings. The number of thioether (sulfide) groups is 1. The number of nitrogens with zero attached hydrogens (tertiary/aromatic N) is 4. The SMILES string of the molecule is C[C@@H]1CCCN(c2nc3ncnc(SCC(=O)Nc4ccc5c(c4)CCC5)c3s2)C1. The van der Waals surface area contributed by atoms with E-state index in [4.69, 9.17) is 4.98 Å². The first-order valence-electron chi connectivity index (χ1n) is 10.6. The smallest absolute Gasteiger partial charge is 0.234 e. The molecule has 156 valence electrons. The van der Waals surface area contributed by atoms with Gasteiger partial charge in [-0.1, -0.05) is 36.1 Å². The number of aryl methyl sites for hydroxylation is 2. The zero-order valence-corrected chi connectivity index (χ0v) is 18.7. The van der Waals surface area contributed by atoms with E-state index >= 15 is 0 Å². The molecule has 1 aliphatic heterocycles. The highest BCUT2D eigenvalue weighted by Gasteiger charge is 2.21. The van der Waals surface area contributed by atoms with Crippen molar-refractivity contribution < 1.29 is 4.79 Å². The molecule has 3 heterocycles. The van der Waals surface area contributed by atoms with Crippen LogP contribution < -0.4 is 10.2 Å². The number of amides is 1. The van der Waals surface area contributed by atoms with Crippen molar-refractivity contribution in [2.75, 3.05) is 29.1 Å². The molecular formula is C22H25N5OS2. The standard InChI is InChI=1S/C22H25N5OS2/c1-14-4-3-9-27(11-14)22-26-20-19(30-22)21(24-13-23-20)29-12-18(28)25-17-8-7-15-5-2-6-16(15)10-17/h7-8,10,13-14H,2-6,9,11-12H2,1H3,(H,25,28)/t14-/m1/s1. The Morgan fingerprint density at radius 3 is 3.07 bits per heavy atom. The molecule has 5 rings (SSSR count). The van der Waals surface area contributed by atoms with Gasteiger partial charge in [0.2, 0.25) is 5.91 Å². The lowest BCUT2D eigenvalue weighted by molar-refractivity contribution is -0.113. The lowest BCUT2D eigenvalue weighted by Crippen LogP contribution is -2.34. The number of aromatic nitrogens is 3. The number of carbonyl (C=O) groups is 1. The number of thiazole rings is 1. The van der Waals surface area contributed by atoms with E-state index in [0.29, 0.717) is 11.7 Å². The van der Waals surface area contributed by atoms with Crippen LogP contribution in [0.1, 0.15) is 37.3 Å². The van der Waals surface area contributed by atoms with Gasteiger partial charge in [0.1, 0.15) is 16.1 Å². The number of anilines is 2. The first-order chi connectivity index (χ1) is 14.7. The molecule has 2 aliphatic rings. The summed E-state index contributed by atoms with van der Waals surface area (Å²) < 4.78 is 0.973. The zero-order chi connectivity index (χ0) is 20.5. The van der Waals surface area contributed by atoms with E-state index in [1.165, 1.54) is 42.2 Å². The summed E-state index contributed by atoms with van der Waals surface area (Å²) in [7, 11) is 0. The van der Waals surface area contributed by atoms with Crippen LogP contribution in [-0.2, 0) is 17.6 Å². The Kier molecular flexibility index (Phi) is 5.60. The van der Waals surface area contributed by atoms with Gasteiger partial charge in [-0.15, -0.1) is 0 Å². The maximum absolute atomic E-state index is 12.5. The molecule has 0 bridgehead atoms. The maximum atomic E-state index is 12.5. The number of benzene rings is 1. The van der Waals surface area contributed by atoms with Crippen LogP contribution in [0.3, 0.4) is 0 Å². The van der Waals surface area contributed by atoms with E-state index in [0.717, 1.165) is 52.1 Å². The molecule has 8 heteroatoms. The van der Waals surface area contributed by atoms with Crippen LogP contribution in [0, 0.1) is 5.92 Å². The number of fused-ring (bicyclic) bond motifs is 2. The molecule has 0 radical (unpaired) electrons. The van der Waals surface area contributed by atoms with E-state index < -0.39 is 0 Å². The van der Waals surface area contributed by atoms with Gasteiger partial charge >= 0.3 is 0 Å². The minimum absolute atomic E-state index is 0.0145. The van der Waals surface area contributed by atoms with Gasteiger partial charge in [-0.2, -0.15) is 4.98 Å². The normalized spacial score (nSPS) is 18.6. The van der Waals surface area contributed by atoms with Crippen molar-refractivity contribution in [2.45, 2.75) is 44.1 Å². The van der Waals surface area contributed by atoms with Crippen LogP contribution in [0.5, 0.6) is 0 Å². The largest absolute Gasteiger partial charge is 0.348 e. The van der Waals surface area contributed by atoms with Gasteiger partial charge in [0, 0.05) is 18.8 Å². The first kappa shape index (κ1) is 19.8. The summed E-state index contributed by atoms with van der Waals surface area (Å²) in [6.07, 6.45) is 7.49. The van der Waals surface area contributed by atoms with Crippen LogP contribution in [0.15, 0.2) is 29.6 Å². The third kappa shape index (κ3) is 4.16. The Hall–Kier alpha value is -2.19. The fourth-order valence-corrected chi connectivity index (χ4v) is 6.23. The fourth-order valence-electron chi connectivity index (χ4n) is 4.30. The monoisotopic (exact) mass is 439 g/mol. The number of carbonyl (C=O) groups excluding carboxylic acids is 1. The molecule has 1 amide bonds. The van der Waals surface area contributed by atoms with E-state index in [1.54, 1.807) is 17.7 Å². The number of hydrogen-bond donors (Lipinski definition) is 1. The molecule has 2 aromatic heterocycles. The third-order valence-corrected chi connectivity index (χ3v) is 8.03. The molecule has 1 saturated heterocycles. The van der Waals surface area contributed by atoms with Crippen LogP contribution in [0.4, 0.5) is 10.8 Å². The molecule has 0 spiro atoms. The Morgan fingerprint density at radius 1 is 1.27 bits per heavy atom. The van der Waals surface area contributed by atoms with Gasteiger partial charge in [0.15, 0.2) is 10.8 Å². The second-order valence-corrected chi connectivity index (χ2v) is 10.1. The second kappa shape index (κ2) is 8.51. The summed E-state index contributed by atoms with van der Waals surface area (Å²) >= 11 is 3.09. The zero-order valence-electron chi connectivity index (χ0n) is 17.1. The molecule has 1 N–H and O–H groups in total. The summed E-state index contributed by atoms with van der Waals surface area (Å²) in [6, 6.07) is 6.26. The summed E-state index contributed by atoms with van der Waals surface area (Å²) in [6.45, 7) is 4.38. The summed E-state index contributed by atoms with van der Waals surface area (Å²) in [5, 5.41) is 4.87. The van der Waals surface area contributed by atoms with Crippen LogP contribution >= 0.6 is 23.1 Å². The van der Waals surface area contributed by atoms with Gasteiger partial charge in [0.25, 0.3) is 0 Å². The molecular weight excluding hydrogens is 414 g/mol. The van der Waals surface area contributed by atoms with Crippen molar-refractivity contribution in [2.24, 2.45) is 5.92 Å². The summed E-state index contributed by atoms with van der Waals surface area (Å²) in [5.74, 6) is 0.991. The van der Waals surface area contributed by atoms with Gasteiger partial charge in [-0.05, 0) is 61.3 Å². The molecule has 30 heavy (non-hydrogen) atoms. The highest BCUT2D eigenvalue weighted by molar-refractivity contribution is 8.00. The minimum Gasteiger partial charge on any atom is -0.348 e. The quantitative estimate of drug-likeness (QED) is 0.465. The lowest BCUT2D eigenvalue weighted by Gasteiger charge is -2.30. The van der Waals surface area contributed by atoms with E-state index in [2.05, 4.69) is 39.2 Å². The van der Waals surface area contributed by atoms with Gasteiger partial charge in [-0.3, -0.25) is 4.79 Å². The number of hydrogen-bond acceptors (Lipinski definition) is 7. The van der Waals surface area contributed by atoms with Crippen molar-refractivity contribution in [1.82, 2.24) is 15.0 Å². The Balaban J connectivity index is 1.26. The van der Waals surface area contributed by atoms with E-state index in [1.807, 2.05) is 6.07 Å². The van der Waals surface area contributed by atoms with Crippen LogP contribution in [-0.4, -0.2) is 39.7 Å². The van der Waals surface area contributed by atoms with Gasteiger partial charge < -0.3 is 10.2 Å². The van der Waals surface area contributed by atoms with Crippen molar-refractivity contribution in [3.8, 4) is 0 Å². The molecule has 3 aromatic rings. The highest BCUT2D eigenvalue weighted by atomic mass is 32.2. The Morgan fingerprint density at radius 2 is 2.17 bits per heavy atom. The van der Waals surface area contributed by atoms with Gasteiger partial charge in [-0.25, -0.2) is 9.97 Å². The fraction of sp³-hybridized carbons (Fsp3) is 0.455. The Bertz CT molecular complexity index is 1080. The molecule has 1 aromatic carbocycles.